The van der Waals surface area contributed by atoms with E-state index in [0.29, 0.717) is 21.6 Å². The van der Waals surface area contributed by atoms with Crippen LogP contribution in [-0.2, 0) is 14.3 Å². The van der Waals surface area contributed by atoms with E-state index in [1.165, 1.54) is 26.0 Å². The van der Waals surface area contributed by atoms with E-state index < -0.39 is 5.97 Å². The Balaban J connectivity index is 1.79. The second-order valence-electron chi connectivity index (χ2n) is 6.65. The van der Waals surface area contributed by atoms with Gasteiger partial charge in [0.2, 0.25) is 0 Å². The number of hydrogen-bond donors (Lipinski definition) is 1. The number of nitrogens with one attached hydrogen (secondary N) is 1. The number of aliphatic imine (C=N–C) groups is 1. The van der Waals surface area contributed by atoms with Crippen molar-refractivity contribution in [3.63, 3.8) is 0 Å². The Hall–Kier alpha value is -2.78. The summed E-state index contributed by atoms with van der Waals surface area (Å²) in [6.45, 7) is 3.78. The Bertz CT molecular complexity index is 1070. The predicted octanol–water partition coefficient (Wildman–Crippen LogP) is 4.52. The van der Waals surface area contributed by atoms with Gasteiger partial charge in [-0.05, 0) is 72.6 Å². The third-order valence-electron chi connectivity index (χ3n) is 4.36. The second kappa shape index (κ2) is 10.0. The number of amides is 1. The third kappa shape index (κ3) is 5.68. The highest BCUT2D eigenvalue weighted by Crippen LogP contribution is 2.33. The topological polar surface area (TPSA) is 86.2 Å². The number of methoxy groups -OCH3 is 2. The molecule has 1 saturated heterocycles. The van der Waals surface area contributed by atoms with Gasteiger partial charge in [-0.25, -0.2) is 9.79 Å². The first-order valence-corrected chi connectivity index (χ1v) is 10.9. The molecule has 0 radical (unpaired) electrons. The zero-order valence-electron chi connectivity index (χ0n) is 17.4. The summed E-state index contributed by atoms with van der Waals surface area (Å²) in [6.07, 6.45) is 1.74. The molecule has 2 aromatic rings. The van der Waals surface area contributed by atoms with Gasteiger partial charge in [0.05, 0.1) is 24.8 Å². The zero-order valence-corrected chi connectivity index (χ0v) is 19.8. The van der Waals surface area contributed by atoms with E-state index >= 15 is 0 Å². The molecule has 1 N–H and O–H groups in total. The van der Waals surface area contributed by atoms with E-state index in [0.717, 1.165) is 26.9 Å². The highest BCUT2D eigenvalue weighted by molar-refractivity contribution is 9.10. The Morgan fingerprint density at radius 2 is 1.87 bits per heavy atom. The number of rotatable bonds is 6. The highest BCUT2D eigenvalue weighted by atomic mass is 79.9. The minimum atomic E-state index is -0.491. The molecule has 0 unspecified atom stereocenters. The van der Waals surface area contributed by atoms with Crippen LogP contribution in [0.1, 0.15) is 16.7 Å². The number of carbonyl (C=O) groups is 2. The molecule has 1 amide bonds. The molecule has 0 bridgehead atoms. The molecule has 0 atom stereocenters. The maximum atomic E-state index is 12.4. The fraction of sp³-hybridized carbons (Fsp3) is 0.227. The van der Waals surface area contributed by atoms with Crippen molar-refractivity contribution in [1.82, 2.24) is 5.32 Å². The van der Waals surface area contributed by atoms with Crippen LogP contribution < -0.4 is 14.8 Å². The molecule has 1 fully saturated rings. The van der Waals surface area contributed by atoms with Gasteiger partial charge in [0.25, 0.3) is 5.91 Å². The van der Waals surface area contributed by atoms with Crippen LogP contribution in [0.3, 0.4) is 0 Å². The largest absolute Gasteiger partial charge is 0.493 e. The fourth-order valence-electron chi connectivity index (χ4n) is 2.83. The number of carbonyl (C=O) groups excluding carboxylic acids is 2. The molecule has 1 heterocycles. The van der Waals surface area contributed by atoms with E-state index in [-0.39, 0.29) is 12.5 Å². The quantitative estimate of drug-likeness (QED) is 0.459. The molecule has 31 heavy (non-hydrogen) atoms. The number of halogens is 1. The van der Waals surface area contributed by atoms with E-state index in [9.17, 15) is 9.59 Å². The lowest BCUT2D eigenvalue weighted by Gasteiger charge is -2.10. The molecule has 1 aliphatic heterocycles. The van der Waals surface area contributed by atoms with E-state index in [1.54, 1.807) is 24.3 Å². The van der Waals surface area contributed by atoms with Crippen molar-refractivity contribution in [2.24, 2.45) is 4.99 Å². The number of amidine groups is 1. The zero-order chi connectivity index (χ0) is 22.5. The molecule has 1 aliphatic rings. The molecule has 3 rings (SSSR count). The van der Waals surface area contributed by atoms with Gasteiger partial charge >= 0.3 is 5.97 Å². The van der Waals surface area contributed by atoms with Gasteiger partial charge in [-0.1, -0.05) is 22.0 Å². The number of nitrogens with zero attached hydrogens (tertiary/aromatic N) is 1. The van der Waals surface area contributed by atoms with Crippen molar-refractivity contribution in [1.29, 1.82) is 0 Å². The van der Waals surface area contributed by atoms with Gasteiger partial charge in [-0.15, -0.1) is 0 Å². The number of ether oxygens (including phenoxy) is 3. The van der Waals surface area contributed by atoms with Crippen LogP contribution in [0.15, 0.2) is 44.7 Å². The number of esters is 1. The van der Waals surface area contributed by atoms with Crippen molar-refractivity contribution in [2.45, 2.75) is 13.8 Å². The van der Waals surface area contributed by atoms with Crippen molar-refractivity contribution in [3.05, 3.63) is 56.4 Å². The monoisotopic (exact) mass is 504 g/mol. The summed E-state index contributed by atoms with van der Waals surface area (Å²) in [5.74, 6) is 0.132. The van der Waals surface area contributed by atoms with Crippen molar-refractivity contribution in [2.75, 3.05) is 20.8 Å². The van der Waals surface area contributed by atoms with Crippen LogP contribution in [0.2, 0.25) is 0 Å². The molecule has 9 heteroatoms. The molecule has 2 aromatic carbocycles. The maximum Gasteiger partial charge on any atom is 0.343 e. The Morgan fingerprint density at radius 3 is 2.52 bits per heavy atom. The van der Waals surface area contributed by atoms with E-state index in [2.05, 4.69) is 31.0 Å². The summed E-state index contributed by atoms with van der Waals surface area (Å²) < 4.78 is 16.4. The predicted molar refractivity (Wildman–Crippen MR) is 125 cm³/mol. The van der Waals surface area contributed by atoms with Crippen LogP contribution in [0, 0.1) is 13.8 Å². The van der Waals surface area contributed by atoms with Crippen LogP contribution in [-0.4, -0.2) is 37.9 Å². The maximum absolute atomic E-state index is 12.4. The summed E-state index contributed by atoms with van der Waals surface area (Å²) in [6, 6.07) is 9.08. The minimum absolute atomic E-state index is 0.222. The molecule has 0 aromatic heterocycles. The minimum Gasteiger partial charge on any atom is -0.493 e. The number of benzene rings is 2. The number of thioether (sulfide) groups is 1. The molecule has 7 nitrogen and oxygen atoms in total. The van der Waals surface area contributed by atoms with Crippen LogP contribution in [0.5, 0.6) is 11.5 Å². The Kier molecular flexibility index (Phi) is 7.40. The van der Waals surface area contributed by atoms with Gasteiger partial charge < -0.3 is 19.5 Å². The molecule has 0 saturated carbocycles. The SMILES string of the molecule is COC(=O)COc1ccc(/C=C2\SC(=Nc3cc(C)c(Br)c(C)c3)NC2=O)cc1OC. The van der Waals surface area contributed by atoms with Crippen LogP contribution in [0.4, 0.5) is 5.69 Å². The lowest BCUT2D eigenvalue weighted by atomic mass is 10.1. The number of hydrogen-bond acceptors (Lipinski definition) is 7. The van der Waals surface area contributed by atoms with E-state index in [1.807, 2.05) is 26.0 Å². The molecule has 162 valence electrons. The Labute approximate surface area is 193 Å². The van der Waals surface area contributed by atoms with Crippen LogP contribution >= 0.6 is 27.7 Å². The van der Waals surface area contributed by atoms with Gasteiger partial charge in [0.15, 0.2) is 23.3 Å². The van der Waals surface area contributed by atoms with Gasteiger partial charge in [-0.2, -0.15) is 0 Å². The highest BCUT2D eigenvalue weighted by Gasteiger charge is 2.24. The van der Waals surface area contributed by atoms with Crippen molar-refractivity contribution in [3.8, 4) is 11.5 Å². The molecule has 0 aliphatic carbocycles. The lowest BCUT2D eigenvalue weighted by molar-refractivity contribution is -0.142. The standard InChI is InChI=1S/C22H21BrN2O5S/c1-12-7-15(8-13(2)20(12)23)24-22-25-21(27)18(31-22)10-14-5-6-16(17(9-14)28-3)30-11-19(26)29-4/h5-10H,11H2,1-4H3,(H,24,25,27)/b18-10-. The van der Waals surface area contributed by atoms with Gasteiger partial charge in [0, 0.05) is 4.47 Å². The number of aryl methyl sites for hydroxylation is 2. The fourth-order valence-corrected chi connectivity index (χ4v) is 3.90. The first-order chi connectivity index (χ1) is 14.8. The average molecular weight is 505 g/mol. The van der Waals surface area contributed by atoms with Crippen molar-refractivity contribution < 1.29 is 23.8 Å². The average Bonchev–Trinajstić information content (AvgIpc) is 3.08. The van der Waals surface area contributed by atoms with E-state index in [4.69, 9.17) is 9.47 Å². The normalized spacial score (nSPS) is 15.8. The smallest absolute Gasteiger partial charge is 0.343 e. The molecular weight excluding hydrogens is 484 g/mol. The van der Waals surface area contributed by atoms with Gasteiger partial charge in [0.1, 0.15) is 0 Å². The lowest BCUT2D eigenvalue weighted by Crippen LogP contribution is -2.19. The van der Waals surface area contributed by atoms with Crippen LogP contribution in [0.25, 0.3) is 6.08 Å². The molecule has 0 spiro atoms. The van der Waals surface area contributed by atoms with Crippen molar-refractivity contribution >= 4 is 56.5 Å². The van der Waals surface area contributed by atoms with Gasteiger partial charge in [-0.3, -0.25) is 4.79 Å². The first-order valence-electron chi connectivity index (χ1n) is 9.24. The molecular formula is C22H21BrN2O5S. The summed E-state index contributed by atoms with van der Waals surface area (Å²) >= 11 is 4.81. The summed E-state index contributed by atoms with van der Waals surface area (Å²) in [7, 11) is 2.79. The third-order valence-corrected chi connectivity index (χ3v) is 6.52. The first kappa shape index (κ1) is 22.9. The Morgan fingerprint density at radius 1 is 1.16 bits per heavy atom. The summed E-state index contributed by atoms with van der Waals surface area (Å²) in [5.41, 5.74) is 3.67. The summed E-state index contributed by atoms with van der Waals surface area (Å²) in [5, 5.41) is 3.31. The second-order valence-corrected chi connectivity index (χ2v) is 8.47. The summed E-state index contributed by atoms with van der Waals surface area (Å²) in [4.78, 5) is 28.7.